The molecule has 1 amide bonds. The fraction of sp³-hybridized carbons (Fsp3) is 0.286. The average molecular weight is 408 g/mol. The van der Waals surface area contributed by atoms with Crippen molar-refractivity contribution < 1.29 is 27.1 Å². The maximum atomic E-state index is 13.5. The average Bonchev–Trinajstić information content (AvgIpc) is 2.71. The summed E-state index contributed by atoms with van der Waals surface area (Å²) < 4.78 is 59.3. The normalized spacial score (nSPS) is 15.0. The molecule has 3 rings (SSSR count). The minimum Gasteiger partial charge on any atom is -0.378 e. The zero-order valence-corrected chi connectivity index (χ0v) is 15.5. The van der Waals surface area contributed by atoms with E-state index < -0.39 is 23.5 Å². The van der Waals surface area contributed by atoms with Crippen LogP contribution >= 0.6 is 0 Å². The van der Waals surface area contributed by atoms with Gasteiger partial charge in [0.25, 0.3) is 0 Å². The molecule has 29 heavy (non-hydrogen) atoms. The van der Waals surface area contributed by atoms with Crippen molar-refractivity contribution in [2.45, 2.75) is 12.7 Å². The number of nitrogens with zero attached hydrogens (tertiary/aromatic N) is 1. The van der Waals surface area contributed by atoms with Crippen LogP contribution in [0.4, 0.5) is 23.2 Å². The fourth-order valence-electron chi connectivity index (χ4n) is 3.02. The van der Waals surface area contributed by atoms with Crippen molar-refractivity contribution in [1.82, 2.24) is 5.32 Å². The van der Waals surface area contributed by atoms with Crippen LogP contribution in [0.3, 0.4) is 0 Å². The molecule has 1 N–H and O–H groups in total. The van der Waals surface area contributed by atoms with Crippen molar-refractivity contribution in [3.63, 3.8) is 0 Å². The molecule has 1 aliphatic rings. The maximum absolute atomic E-state index is 13.5. The second-order valence-electron chi connectivity index (χ2n) is 6.51. The summed E-state index contributed by atoms with van der Waals surface area (Å²) in [6, 6.07) is 9.96. The highest BCUT2D eigenvalue weighted by atomic mass is 19.4. The van der Waals surface area contributed by atoms with Gasteiger partial charge in [0.05, 0.1) is 18.8 Å². The minimum atomic E-state index is -4.55. The number of rotatable bonds is 5. The summed E-state index contributed by atoms with van der Waals surface area (Å²) in [5, 5.41) is 2.42. The van der Waals surface area contributed by atoms with Crippen LogP contribution in [0.15, 0.2) is 48.5 Å². The van der Waals surface area contributed by atoms with Crippen LogP contribution in [0.5, 0.6) is 0 Å². The number of carbonyl (C=O) groups is 1. The molecule has 0 spiro atoms. The molecule has 2 aromatic rings. The predicted octanol–water partition coefficient (Wildman–Crippen LogP) is 4.01. The molecule has 0 radical (unpaired) electrons. The van der Waals surface area contributed by atoms with Crippen LogP contribution in [0, 0.1) is 5.82 Å². The molecule has 0 unspecified atom stereocenters. The van der Waals surface area contributed by atoms with Crippen LogP contribution in [0.2, 0.25) is 0 Å². The molecular weight excluding hydrogens is 388 g/mol. The molecule has 2 aromatic carbocycles. The first-order valence-electron chi connectivity index (χ1n) is 9.08. The van der Waals surface area contributed by atoms with Crippen LogP contribution in [0.1, 0.15) is 16.7 Å². The summed E-state index contributed by atoms with van der Waals surface area (Å²) in [6.45, 7) is 1.68. The van der Waals surface area contributed by atoms with Gasteiger partial charge in [0, 0.05) is 37.0 Å². The Balaban J connectivity index is 1.71. The van der Waals surface area contributed by atoms with Gasteiger partial charge in [-0.3, -0.25) is 4.79 Å². The van der Waals surface area contributed by atoms with Crippen molar-refractivity contribution >= 4 is 17.7 Å². The summed E-state index contributed by atoms with van der Waals surface area (Å²) in [5.41, 5.74) is -0.148. The van der Waals surface area contributed by atoms with E-state index in [1.165, 1.54) is 30.3 Å². The van der Waals surface area contributed by atoms with Crippen LogP contribution in [-0.2, 0) is 22.3 Å². The molecule has 1 saturated heterocycles. The number of anilines is 1. The zero-order valence-electron chi connectivity index (χ0n) is 15.5. The summed E-state index contributed by atoms with van der Waals surface area (Å²) in [5.74, 6) is -1.10. The molecule has 0 saturated carbocycles. The van der Waals surface area contributed by atoms with Crippen LogP contribution < -0.4 is 10.2 Å². The quantitative estimate of drug-likeness (QED) is 0.601. The Bertz CT molecular complexity index is 890. The smallest absolute Gasteiger partial charge is 0.378 e. The number of amides is 1. The summed E-state index contributed by atoms with van der Waals surface area (Å²) in [4.78, 5) is 13.8. The van der Waals surface area contributed by atoms with Crippen molar-refractivity contribution in [3.8, 4) is 0 Å². The highest BCUT2D eigenvalue weighted by molar-refractivity contribution is 5.91. The van der Waals surface area contributed by atoms with E-state index in [0.29, 0.717) is 32.0 Å². The predicted molar refractivity (Wildman–Crippen MR) is 102 cm³/mol. The van der Waals surface area contributed by atoms with Crippen molar-refractivity contribution in [2.24, 2.45) is 0 Å². The molecule has 8 heteroatoms. The van der Waals surface area contributed by atoms with Gasteiger partial charge in [-0.1, -0.05) is 24.3 Å². The van der Waals surface area contributed by atoms with Gasteiger partial charge in [0.15, 0.2) is 0 Å². The summed E-state index contributed by atoms with van der Waals surface area (Å²) in [6.07, 6.45) is -2.18. The molecule has 154 valence electrons. The number of benzene rings is 2. The molecule has 1 heterocycles. The van der Waals surface area contributed by atoms with Gasteiger partial charge in [0.1, 0.15) is 5.82 Å². The number of alkyl halides is 3. The number of halogens is 4. The molecule has 0 aromatic heterocycles. The highest BCUT2D eigenvalue weighted by Gasteiger charge is 2.34. The molecule has 1 fully saturated rings. The lowest BCUT2D eigenvalue weighted by Crippen LogP contribution is -2.36. The topological polar surface area (TPSA) is 41.6 Å². The van der Waals surface area contributed by atoms with Gasteiger partial charge in [0.2, 0.25) is 5.91 Å². The third-order valence-corrected chi connectivity index (χ3v) is 4.55. The van der Waals surface area contributed by atoms with Crippen molar-refractivity contribution in [2.75, 3.05) is 31.2 Å². The SMILES string of the molecule is O=C(/C=C/c1ccccc1F)NCc1ccc(N2CCOCC2)cc1C(F)(F)F. The second kappa shape index (κ2) is 9.09. The largest absolute Gasteiger partial charge is 0.416 e. The molecular formula is C21H20F4N2O2. The number of hydrogen-bond acceptors (Lipinski definition) is 3. The van der Waals surface area contributed by atoms with Crippen molar-refractivity contribution in [3.05, 3.63) is 71.0 Å². The Morgan fingerprint density at radius 2 is 1.86 bits per heavy atom. The Morgan fingerprint density at radius 1 is 1.14 bits per heavy atom. The van der Waals surface area contributed by atoms with Crippen LogP contribution in [-0.4, -0.2) is 32.2 Å². The second-order valence-corrected chi connectivity index (χ2v) is 6.51. The lowest BCUT2D eigenvalue weighted by molar-refractivity contribution is -0.138. The van der Waals surface area contributed by atoms with E-state index in [4.69, 9.17) is 4.74 Å². The molecule has 0 bridgehead atoms. The fourth-order valence-corrected chi connectivity index (χ4v) is 3.02. The van der Waals surface area contributed by atoms with Gasteiger partial charge in [-0.25, -0.2) is 4.39 Å². The van der Waals surface area contributed by atoms with E-state index in [1.54, 1.807) is 12.1 Å². The standard InChI is InChI=1S/C21H20F4N2O2/c22-19-4-2-1-3-15(19)6-8-20(28)26-14-16-5-7-17(13-18(16)21(23,24)25)27-9-11-29-12-10-27/h1-8,13H,9-12,14H2,(H,26,28)/b8-6+. The number of morpholine rings is 1. The third kappa shape index (κ3) is 5.57. The monoisotopic (exact) mass is 408 g/mol. The highest BCUT2D eigenvalue weighted by Crippen LogP contribution is 2.35. The van der Waals surface area contributed by atoms with E-state index >= 15 is 0 Å². The summed E-state index contributed by atoms with van der Waals surface area (Å²) in [7, 11) is 0. The Kier molecular flexibility index (Phi) is 6.53. The van der Waals surface area contributed by atoms with Crippen molar-refractivity contribution in [1.29, 1.82) is 0 Å². The van der Waals surface area contributed by atoms with Crippen LogP contribution in [0.25, 0.3) is 6.08 Å². The minimum absolute atomic E-state index is 0.0397. The maximum Gasteiger partial charge on any atom is 0.416 e. The first-order valence-corrected chi connectivity index (χ1v) is 9.08. The van der Waals surface area contributed by atoms with E-state index in [0.717, 1.165) is 12.1 Å². The Labute approximate surface area is 165 Å². The van der Waals surface area contributed by atoms with E-state index in [-0.39, 0.29) is 17.7 Å². The Morgan fingerprint density at radius 3 is 2.55 bits per heavy atom. The van der Waals surface area contributed by atoms with E-state index in [2.05, 4.69) is 5.32 Å². The van der Waals surface area contributed by atoms with Gasteiger partial charge in [-0.15, -0.1) is 0 Å². The summed E-state index contributed by atoms with van der Waals surface area (Å²) >= 11 is 0. The number of carbonyl (C=O) groups excluding carboxylic acids is 1. The van der Waals surface area contributed by atoms with Gasteiger partial charge in [-0.2, -0.15) is 13.2 Å². The molecule has 1 aliphatic heterocycles. The number of ether oxygens (including phenoxy) is 1. The van der Waals surface area contributed by atoms with Gasteiger partial charge in [-0.05, 0) is 29.8 Å². The molecule has 4 nitrogen and oxygen atoms in total. The van der Waals surface area contributed by atoms with E-state index in [9.17, 15) is 22.4 Å². The Hall–Kier alpha value is -2.87. The lowest BCUT2D eigenvalue weighted by atomic mass is 10.0. The third-order valence-electron chi connectivity index (χ3n) is 4.55. The molecule has 0 aliphatic carbocycles. The van der Waals surface area contributed by atoms with Gasteiger partial charge >= 0.3 is 6.18 Å². The molecule has 0 atom stereocenters. The number of hydrogen-bond donors (Lipinski definition) is 1. The van der Waals surface area contributed by atoms with E-state index in [1.807, 2.05) is 4.90 Å². The first kappa shape index (κ1) is 20.9. The zero-order chi connectivity index (χ0) is 20.9. The lowest BCUT2D eigenvalue weighted by Gasteiger charge is -2.29. The van der Waals surface area contributed by atoms with Gasteiger partial charge < -0.3 is 15.0 Å². The number of nitrogens with one attached hydrogen (secondary N) is 1. The first-order chi connectivity index (χ1) is 13.8.